The van der Waals surface area contributed by atoms with Crippen molar-refractivity contribution >= 4 is 5.91 Å². The third-order valence-corrected chi connectivity index (χ3v) is 4.77. The third-order valence-electron chi connectivity index (χ3n) is 4.77. The number of likely N-dealkylation sites (tertiary alicyclic amines) is 1. The SMILES string of the molecule is CCCC1(CO)CCCN1C(=O)c1ccn(-c2cc(F)cc(F)c2)n1. The van der Waals surface area contributed by atoms with Gasteiger partial charge in [0.2, 0.25) is 0 Å². The summed E-state index contributed by atoms with van der Waals surface area (Å²) in [7, 11) is 0. The molecular weight excluding hydrogens is 328 g/mol. The van der Waals surface area contributed by atoms with Gasteiger partial charge in [-0.1, -0.05) is 13.3 Å². The standard InChI is InChI=1S/C18H21F2N3O2/c1-2-5-18(12-24)6-3-7-22(18)17(25)16-4-8-23(21-16)15-10-13(19)9-14(20)11-15/h4,8-11,24H,2-3,5-7,12H2,1H3. The van der Waals surface area contributed by atoms with Crippen LogP contribution in [0.4, 0.5) is 8.78 Å². The second-order valence-electron chi connectivity index (χ2n) is 6.47. The number of carbonyl (C=O) groups is 1. The summed E-state index contributed by atoms with van der Waals surface area (Å²) in [5.74, 6) is -1.68. The molecule has 2 heterocycles. The summed E-state index contributed by atoms with van der Waals surface area (Å²) in [6.07, 6.45) is 4.69. The number of aliphatic hydroxyl groups excluding tert-OH is 1. The maximum Gasteiger partial charge on any atom is 0.274 e. The normalized spacial score (nSPS) is 20.2. The van der Waals surface area contributed by atoms with Gasteiger partial charge in [0, 0.05) is 18.8 Å². The monoisotopic (exact) mass is 349 g/mol. The lowest BCUT2D eigenvalue weighted by Gasteiger charge is -2.36. The zero-order chi connectivity index (χ0) is 18.0. The van der Waals surface area contributed by atoms with Crippen LogP contribution in [0.3, 0.4) is 0 Å². The van der Waals surface area contributed by atoms with Gasteiger partial charge in [-0.3, -0.25) is 4.79 Å². The van der Waals surface area contributed by atoms with E-state index >= 15 is 0 Å². The number of rotatable bonds is 5. The first-order chi connectivity index (χ1) is 12.0. The zero-order valence-electron chi connectivity index (χ0n) is 14.1. The van der Waals surface area contributed by atoms with Crippen LogP contribution < -0.4 is 0 Å². The second-order valence-corrected chi connectivity index (χ2v) is 6.47. The van der Waals surface area contributed by atoms with E-state index < -0.39 is 17.2 Å². The van der Waals surface area contributed by atoms with Crippen molar-refractivity contribution in [2.24, 2.45) is 0 Å². The van der Waals surface area contributed by atoms with Gasteiger partial charge in [0.25, 0.3) is 5.91 Å². The lowest BCUT2D eigenvalue weighted by molar-refractivity contribution is 0.0371. The molecule has 1 aliphatic heterocycles. The summed E-state index contributed by atoms with van der Waals surface area (Å²) in [6, 6.07) is 4.60. The molecule has 1 fully saturated rings. The van der Waals surface area contributed by atoms with Crippen molar-refractivity contribution in [1.29, 1.82) is 0 Å². The first kappa shape index (κ1) is 17.5. The van der Waals surface area contributed by atoms with Crippen LogP contribution in [0.15, 0.2) is 30.5 Å². The van der Waals surface area contributed by atoms with Crippen LogP contribution in [0.25, 0.3) is 5.69 Å². The van der Waals surface area contributed by atoms with Crippen LogP contribution in [0.2, 0.25) is 0 Å². The van der Waals surface area contributed by atoms with Crippen molar-refractivity contribution in [3.8, 4) is 5.69 Å². The molecule has 1 unspecified atom stereocenters. The molecular formula is C18H21F2N3O2. The Kier molecular flexibility index (Phi) is 4.85. The highest BCUT2D eigenvalue weighted by atomic mass is 19.1. The van der Waals surface area contributed by atoms with E-state index in [4.69, 9.17) is 0 Å². The highest BCUT2D eigenvalue weighted by Crippen LogP contribution is 2.34. The van der Waals surface area contributed by atoms with E-state index in [9.17, 15) is 18.7 Å². The van der Waals surface area contributed by atoms with E-state index in [0.717, 1.165) is 43.9 Å². The molecule has 0 spiro atoms. The quantitative estimate of drug-likeness (QED) is 0.903. The van der Waals surface area contributed by atoms with E-state index in [-0.39, 0.29) is 23.9 Å². The maximum atomic E-state index is 13.4. The van der Waals surface area contributed by atoms with Gasteiger partial charge in [-0.25, -0.2) is 13.5 Å². The lowest BCUT2D eigenvalue weighted by Crippen LogP contribution is -2.50. The predicted molar refractivity (Wildman–Crippen MR) is 88.5 cm³/mol. The number of nitrogens with zero attached hydrogens (tertiary/aromatic N) is 3. The molecule has 25 heavy (non-hydrogen) atoms. The highest BCUT2D eigenvalue weighted by molar-refractivity contribution is 5.93. The molecule has 1 atom stereocenters. The molecule has 1 aromatic heterocycles. The summed E-state index contributed by atoms with van der Waals surface area (Å²) in [6.45, 7) is 2.51. The Balaban J connectivity index is 1.87. The molecule has 134 valence electrons. The van der Waals surface area contributed by atoms with Crippen molar-refractivity contribution < 1.29 is 18.7 Å². The van der Waals surface area contributed by atoms with Crippen molar-refractivity contribution in [1.82, 2.24) is 14.7 Å². The molecule has 3 rings (SSSR count). The van der Waals surface area contributed by atoms with Crippen molar-refractivity contribution in [3.63, 3.8) is 0 Å². The molecule has 0 saturated carbocycles. The minimum atomic E-state index is -0.708. The van der Waals surface area contributed by atoms with Gasteiger partial charge in [0.15, 0.2) is 5.69 Å². The smallest absolute Gasteiger partial charge is 0.274 e. The van der Waals surface area contributed by atoms with Crippen LogP contribution in [0, 0.1) is 11.6 Å². The number of hydrogen-bond donors (Lipinski definition) is 1. The molecule has 1 amide bonds. The maximum absolute atomic E-state index is 13.4. The van der Waals surface area contributed by atoms with Crippen LogP contribution in [0.1, 0.15) is 43.1 Å². The number of amides is 1. The van der Waals surface area contributed by atoms with Crippen LogP contribution in [-0.4, -0.2) is 44.4 Å². The molecule has 0 radical (unpaired) electrons. The van der Waals surface area contributed by atoms with Gasteiger partial charge in [-0.15, -0.1) is 0 Å². The zero-order valence-corrected chi connectivity index (χ0v) is 14.1. The minimum absolute atomic E-state index is 0.0810. The fourth-order valence-corrected chi connectivity index (χ4v) is 3.62. The van der Waals surface area contributed by atoms with E-state index in [1.54, 1.807) is 4.90 Å². The molecule has 0 aliphatic carbocycles. The molecule has 0 bridgehead atoms. The lowest BCUT2D eigenvalue weighted by atomic mass is 9.91. The van der Waals surface area contributed by atoms with Crippen molar-refractivity contribution in [2.45, 2.75) is 38.1 Å². The molecule has 2 aromatic rings. The first-order valence-corrected chi connectivity index (χ1v) is 8.44. The Labute approximate surface area is 144 Å². The van der Waals surface area contributed by atoms with Gasteiger partial charge in [0.1, 0.15) is 11.6 Å². The van der Waals surface area contributed by atoms with Crippen LogP contribution in [0.5, 0.6) is 0 Å². The number of aliphatic hydroxyl groups is 1. The Morgan fingerprint density at radius 1 is 1.32 bits per heavy atom. The number of hydrogen-bond acceptors (Lipinski definition) is 3. The summed E-state index contributed by atoms with van der Waals surface area (Å²) >= 11 is 0. The van der Waals surface area contributed by atoms with Crippen LogP contribution >= 0.6 is 0 Å². The Morgan fingerprint density at radius 2 is 2.04 bits per heavy atom. The summed E-state index contributed by atoms with van der Waals surface area (Å²) < 4.78 is 28.0. The van der Waals surface area contributed by atoms with Gasteiger partial charge in [-0.05, 0) is 37.5 Å². The molecule has 5 nitrogen and oxygen atoms in total. The number of halogens is 2. The number of carbonyl (C=O) groups excluding carboxylic acids is 1. The summed E-state index contributed by atoms with van der Waals surface area (Å²) in [5, 5.41) is 14.0. The highest BCUT2D eigenvalue weighted by Gasteiger charge is 2.43. The topological polar surface area (TPSA) is 58.4 Å². The summed E-state index contributed by atoms with van der Waals surface area (Å²) in [5.41, 5.74) is -0.138. The second kappa shape index (κ2) is 6.92. The predicted octanol–water partition coefficient (Wildman–Crippen LogP) is 2.92. The van der Waals surface area contributed by atoms with Crippen molar-refractivity contribution in [2.75, 3.05) is 13.2 Å². The van der Waals surface area contributed by atoms with Gasteiger partial charge in [-0.2, -0.15) is 5.10 Å². The number of benzene rings is 1. The molecule has 1 saturated heterocycles. The molecule has 1 aliphatic rings. The average molecular weight is 349 g/mol. The fraction of sp³-hybridized carbons (Fsp3) is 0.444. The van der Waals surface area contributed by atoms with Crippen LogP contribution in [-0.2, 0) is 0 Å². The first-order valence-electron chi connectivity index (χ1n) is 8.44. The van der Waals surface area contributed by atoms with Gasteiger partial charge >= 0.3 is 0 Å². The average Bonchev–Trinajstić information content (AvgIpc) is 3.21. The van der Waals surface area contributed by atoms with E-state index in [1.807, 2.05) is 6.92 Å². The Morgan fingerprint density at radius 3 is 2.68 bits per heavy atom. The minimum Gasteiger partial charge on any atom is -0.394 e. The van der Waals surface area contributed by atoms with E-state index in [0.29, 0.717) is 6.54 Å². The summed E-state index contributed by atoms with van der Waals surface area (Å²) in [4.78, 5) is 14.6. The fourth-order valence-electron chi connectivity index (χ4n) is 3.62. The van der Waals surface area contributed by atoms with Crippen molar-refractivity contribution in [3.05, 3.63) is 47.8 Å². The largest absolute Gasteiger partial charge is 0.394 e. The van der Waals surface area contributed by atoms with Gasteiger partial charge in [0.05, 0.1) is 17.8 Å². The molecule has 1 N–H and O–H groups in total. The van der Waals surface area contributed by atoms with Gasteiger partial charge < -0.3 is 10.0 Å². The third kappa shape index (κ3) is 3.28. The van der Waals surface area contributed by atoms with E-state index in [2.05, 4.69) is 5.10 Å². The Hall–Kier alpha value is -2.28. The van der Waals surface area contributed by atoms with E-state index in [1.165, 1.54) is 16.9 Å². The Bertz CT molecular complexity index is 757. The molecule has 1 aromatic carbocycles. The molecule has 7 heteroatoms. The number of aromatic nitrogens is 2.